The van der Waals surface area contributed by atoms with E-state index in [1.807, 2.05) is 0 Å². The van der Waals surface area contributed by atoms with E-state index in [-0.39, 0.29) is 10.7 Å². The van der Waals surface area contributed by atoms with Gasteiger partial charge in [0.1, 0.15) is 16.5 Å². The van der Waals surface area contributed by atoms with E-state index in [9.17, 15) is 9.18 Å². The van der Waals surface area contributed by atoms with Crippen molar-refractivity contribution in [3.63, 3.8) is 0 Å². The van der Waals surface area contributed by atoms with Gasteiger partial charge in [0.15, 0.2) is 5.13 Å². The third-order valence-corrected chi connectivity index (χ3v) is 3.55. The van der Waals surface area contributed by atoms with E-state index in [1.54, 1.807) is 13.2 Å². The Morgan fingerprint density at radius 1 is 1.52 bits per heavy atom. The van der Waals surface area contributed by atoms with Gasteiger partial charge in [0.2, 0.25) is 0 Å². The average molecular weight is 310 g/mol. The van der Waals surface area contributed by atoms with E-state index < -0.39 is 11.7 Å². The van der Waals surface area contributed by atoms with Crippen LogP contribution in [0.5, 0.6) is 0 Å². The van der Waals surface area contributed by atoms with Gasteiger partial charge >= 0.3 is 0 Å². The van der Waals surface area contributed by atoms with Crippen LogP contribution in [0.3, 0.4) is 0 Å². The number of nitrogens with two attached hydrogens (primary N) is 1. The molecule has 6 nitrogen and oxygen atoms in total. The number of hydrogen-bond acceptors (Lipinski definition) is 6. The summed E-state index contributed by atoms with van der Waals surface area (Å²) in [7, 11) is 1.59. The van der Waals surface area contributed by atoms with Gasteiger partial charge in [-0.15, -0.1) is 0 Å². The van der Waals surface area contributed by atoms with Crippen LogP contribution in [0.2, 0.25) is 0 Å². The van der Waals surface area contributed by atoms with Crippen LogP contribution in [0.25, 0.3) is 0 Å². The Morgan fingerprint density at radius 2 is 2.33 bits per heavy atom. The van der Waals surface area contributed by atoms with Crippen molar-refractivity contribution in [3.8, 4) is 0 Å². The van der Waals surface area contributed by atoms with Crippen LogP contribution < -0.4 is 16.4 Å². The molecular formula is C13H15FN4O2S. The van der Waals surface area contributed by atoms with E-state index in [0.717, 1.165) is 11.3 Å². The molecule has 0 atom stereocenters. The van der Waals surface area contributed by atoms with Gasteiger partial charge in [-0.3, -0.25) is 4.79 Å². The van der Waals surface area contributed by atoms with Gasteiger partial charge in [-0.25, -0.2) is 9.37 Å². The first-order chi connectivity index (χ1) is 10.1. The molecule has 0 unspecified atom stereocenters. The molecule has 21 heavy (non-hydrogen) atoms. The summed E-state index contributed by atoms with van der Waals surface area (Å²) in [5.41, 5.74) is 6.09. The Bertz CT molecular complexity index is 632. The molecule has 2 aromatic rings. The quantitative estimate of drug-likeness (QED) is 0.712. The lowest BCUT2D eigenvalue weighted by Gasteiger charge is -2.03. The number of aromatic nitrogens is 1. The van der Waals surface area contributed by atoms with Crippen LogP contribution in [0, 0.1) is 5.82 Å². The Morgan fingerprint density at radius 3 is 3.05 bits per heavy atom. The fourth-order valence-corrected chi connectivity index (χ4v) is 2.39. The number of nitrogens with zero attached hydrogens (tertiary/aromatic N) is 1. The molecule has 0 aliphatic rings. The van der Waals surface area contributed by atoms with Crippen molar-refractivity contribution in [2.75, 3.05) is 36.6 Å². The first-order valence-corrected chi connectivity index (χ1v) is 6.98. The lowest BCUT2D eigenvalue weighted by atomic mass is 10.3. The molecule has 0 saturated carbocycles. The van der Waals surface area contributed by atoms with Crippen LogP contribution >= 0.6 is 11.3 Å². The summed E-state index contributed by atoms with van der Waals surface area (Å²) in [5.74, 6) is -0.712. The second-order valence-electron chi connectivity index (χ2n) is 4.12. The number of rotatable bonds is 6. The summed E-state index contributed by atoms with van der Waals surface area (Å²) in [6.07, 6.45) is 0. The molecule has 0 aliphatic heterocycles. The van der Waals surface area contributed by atoms with Crippen LogP contribution in [0.15, 0.2) is 24.3 Å². The number of carbonyl (C=O) groups excluding carboxylic acids is 1. The van der Waals surface area contributed by atoms with Gasteiger partial charge < -0.3 is 21.1 Å². The van der Waals surface area contributed by atoms with Crippen molar-refractivity contribution >= 4 is 33.9 Å². The van der Waals surface area contributed by atoms with Crippen LogP contribution in [-0.2, 0) is 4.74 Å². The zero-order chi connectivity index (χ0) is 15.2. The Kier molecular flexibility index (Phi) is 5.07. The molecule has 0 bridgehead atoms. The highest BCUT2D eigenvalue weighted by Crippen LogP contribution is 2.25. The highest BCUT2D eigenvalue weighted by molar-refractivity contribution is 7.18. The van der Waals surface area contributed by atoms with Crippen molar-refractivity contribution in [2.45, 2.75) is 0 Å². The number of thiazole rings is 1. The summed E-state index contributed by atoms with van der Waals surface area (Å²) >= 11 is 1.13. The maximum atomic E-state index is 13.1. The van der Waals surface area contributed by atoms with Gasteiger partial charge in [-0.1, -0.05) is 17.4 Å². The predicted octanol–water partition coefficient (Wildman–Crippen LogP) is 2.17. The number of amides is 1. The molecule has 8 heteroatoms. The van der Waals surface area contributed by atoms with E-state index in [2.05, 4.69) is 15.6 Å². The Hall–Kier alpha value is -2.19. The average Bonchev–Trinajstić information content (AvgIpc) is 2.80. The molecule has 1 aromatic carbocycles. The van der Waals surface area contributed by atoms with Gasteiger partial charge in [-0.2, -0.15) is 0 Å². The number of halogens is 1. The first-order valence-electron chi connectivity index (χ1n) is 6.16. The van der Waals surface area contributed by atoms with Crippen LogP contribution in [0.1, 0.15) is 9.67 Å². The summed E-state index contributed by atoms with van der Waals surface area (Å²) < 4.78 is 18.0. The predicted molar refractivity (Wildman–Crippen MR) is 81.2 cm³/mol. The van der Waals surface area contributed by atoms with Gasteiger partial charge in [0.05, 0.1) is 6.61 Å². The van der Waals surface area contributed by atoms with Gasteiger partial charge in [0.25, 0.3) is 5.91 Å². The number of nitrogens with one attached hydrogen (secondary N) is 2. The minimum Gasteiger partial charge on any atom is -0.383 e. The highest BCUT2D eigenvalue weighted by atomic mass is 32.1. The van der Waals surface area contributed by atoms with Crippen LogP contribution in [-0.4, -0.2) is 31.2 Å². The zero-order valence-electron chi connectivity index (χ0n) is 11.4. The number of nitrogen functional groups attached to an aromatic ring is 1. The summed E-state index contributed by atoms with van der Waals surface area (Å²) in [5, 5.41) is 6.11. The molecule has 4 N–H and O–H groups in total. The van der Waals surface area contributed by atoms with E-state index in [1.165, 1.54) is 18.2 Å². The van der Waals surface area contributed by atoms with Crippen molar-refractivity contribution < 1.29 is 13.9 Å². The molecule has 0 fully saturated rings. The molecule has 0 radical (unpaired) electrons. The van der Waals surface area contributed by atoms with Crippen molar-refractivity contribution in [3.05, 3.63) is 35.0 Å². The summed E-state index contributed by atoms with van der Waals surface area (Å²) in [6, 6.07) is 5.63. The zero-order valence-corrected chi connectivity index (χ0v) is 12.2. The first kappa shape index (κ1) is 15.2. The van der Waals surface area contributed by atoms with Crippen LogP contribution in [0.4, 0.5) is 21.0 Å². The molecule has 1 amide bonds. The molecule has 2 rings (SSSR count). The standard InChI is InChI=1S/C13H15FN4O2S/c1-20-6-5-16-13-18-11(15)10(21-13)12(19)17-9-4-2-3-8(14)7-9/h2-4,7H,5-6,15H2,1H3,(H,16,18)(H,17,19). The molecule has 1 aromatic heterocycles. The molecule has 0 spiro atoms. The number of carbonyl (C=O) groups is 1. The topological polar surface area (TPSA) is 89.3 Å². The lowest BCUT2D eigenvalue weighted by molar-refractivity contribution is 0.103. The summed E-state index contributed by atoms with van der Waals surface area (Å²) in [4.78, 5) is 16.4. The van der Waals surface area contributed by atoms with Gasteiger partial charge in [0, 0.05) is 19.3 Å². The number of benzene rings is 1. The number of methoxy groups -OCH3 is 1. The maximum Gasteiger partial charge on any atom is 0.269 e. The monoisotopic (exact) mass is 310 g/mol. The SMILES string of the molecule is COCCNc1nc(N)c(C(=O)Nc2cccc(F)c2)s1. The maximum absolute atomic E-state index is 13.1. The normalized spacial score (nSPS) is 10.4. The Balaban J connectivity index is 2.05. The van der Waals surface area contributed by atoms with Crippen molar-refractivity contribution in [1.29, 1.82) is 0 Å². The number of anilines is 3. The number of hydrogen-bond donors (Lipinski definition) is 3. The third kappa shape index (κ3) is 4.14. The molecule has 0 saturated heterocycles. The Labute approximate surface area is 125 Å². The largest absolute Gasteiger partial charge is 0.383 e. The van der Waals surface area contributed by atoms with E-state index in [0.29, 0.717) is 24.0 Å². The van der Waals surface area contributed by atoms with E-state index in [4.69, 9.17) is 10.5 Å². The van der Waals surface area contributed by atoms with Gasteiger partial charge in [-0.05, 0) is 18.2 Å². The molecule has 0 aliphatic carbocycles. The lowest BCUT2D eigenvalue weighted by Crippen LogP contribution is -2.12. The molecule has 112 valence electrons. The third-order valence-electron chi connectivity index (χ3n) is 2.52. The minimum absolute atomic E-state index is 0.133. The number of ether oxygens (including phenoxy) is 1. The van der Waals surface area contributed by atoms with Crippen molar-refractivity contribution in [2.24, 2.45) is 0 Å². The summed E-state index contributed by atoms with van der Waals surface area (Å²) in [6.45, 7) is 1.08. The minimum atomic E-state index is -0.424. The molecular weight excluding hydrogens is 295 g/mol. The van der Waals surface area contributed by atoms with Crippen molar-refractivity contribution in [1.82, 2.24) is 4.98 Å². The second kappa shape index (κ2) is 7.00. The smallest absolute Gasteiger partial charge is 0.269 e. The fraction of sp³-hybridized carbons (Fsp3) is 0.231. The molecule has 1 heterocycles. The van der Waals surface area contributed by atoms with E-state index >= 15 is 0 Å². The highest BCUT2D eigenvalue weighted by Gasteiger charge is 2.16. The second-order valence-corrected chi connectivity index (χ2v) is 5.12. The fourth-order valence-electron chi connectivity index (χ4n) is 1.58.